The number of nitrogens with two attached hydrogens (primary N) is 2. The standard InChI is InChI=1S/C32H34ClN5O5S/c33-27-16-24(10-13-28(27)35)43-23-8-11-25(12-9-23)44(41,42)38-30(15-22-18-36-29-7-2-1-6-26(22)29)31(39)37(32(38)40)19-21-5-3-4-20(14-21)17-34/h1-2,6-13,16,18,20-21,30,36H,3-5,14-15,17,19,34-35H2. The van der Waals surface area contributed by atoms with Gasteiger partial charge in [0.25, 0.3) is 15.9 Å². The fraction of sp³-hybridized carbons (Fsp3) is 0.312. The Balaban J connectivity index is 1.30. The number of nitrogens with one attached hydrogen (secondary N) is 1. The van der Waals surface area contributed by atoms with Crippen LogP contribution in [0.4, 0.5) is 10.5 Å². The monoisotopic (exact) mass is 635 g/mol. The van der Waals surface area contributed by atoms with Crippen molar-refractivity contribution in [1.82, 2.24) is 14.2 Å². The summed E-state index contributed by atoms with van der Waals surface area (Å²) in [4.78, 5) is 32.0. The van der Waals surface area contributed by atoms with E-state index in [1.807, 2.05) is 24.3 Å². The van der Waals surface area contributed by atoms with Crippen molar-refractivity contribution in [3.05, 3.63) is 83.5 Å². The van der Waals surface area contributed by atoms with Crippen molar-refractivity contribution in [3.63, 3.8) is 0 Å². The van der Waals surface area contributed by atoms with Crippen LogP contribution in [0.5, 0.6) is 11.5 Å². The molecule has 1 aliphatic heterocycles. The van der Waals surface area contributed by atoms with Gasteiger partial charge in [0.05, 0.1) is 15.6 Å². The maximum Gasteiger partial charge on any atom is 0.341 e. The van der Waals surface area contributed by atoms with Crippen LogP contribution in [-0.2, 0) is 21.2 Å². The van der Waals surface area contributed by atoms with Crippen molar-refractivity contribution in [2.24, 2.45) is 17.6 Å². The minimum absolute atomic E-state index is 0.0412. The average Bonchev–Trinajstić information content (AvgIpc) is 3.53. The van der Waals surface area contributed by atoms with Crippen LogP contribution in [0.15, 0.2) is 77.8 Å². The summed E-state index contributed by atoms with van der Waals surface area (Å²) in [6.45, 7) is 0.717. The van der Waals surface area contributed by atoms with Crippen molar-refractivity contribution in [3.8, 4) is 11.5 Å². The highest BCUT2D eigenvalue weighted by atomic mass is 35.5. The van der Waals surface area contributed by atoms with E-state index in [1.165, 1.54) is 24.3 Å². The minimum atomic E-state index is -4.42. The van der Waals surface area contributed by atoms with E-state index < -0.39 is 28.0 Å². The SMILES string of the molecule is NCC1CCCC(CN2C(=O)C(Cc3c[nH]c4ccccc34)N(S(=O)(=O)c3ccc(Oc4ccc(N)c(Cl)c4)cc3)C2=O)C1. The molecule has 0 spiro atoms. The number of imide groups is 1. The van der Waals surface area contributed by atoms with Gasteiger partial charge >= 0.3 is 6.03 Å². The smallest absolute Gasteiger partial charge is 0.341 e. The molecule has 230 valence electrons. The van der Waals surface area contributed by atoms with Crippen LogP contribution >= 0.6 is 11.6 Å². The third-order valence-corrected chi connectivity index (χ3v) is 10.7. The zero-order valence-electron chi connectivity index (χ0n) is 24.0. The summed E-state index contributed by atoms with van der Waals surface area (Å²) in [5.41, 5.74) is 13.7. The quantitative estimate of drug-likeness (QED) is 0.162. The molecule has 1 aromatic heterocycles. The molecule has 1 saturated heterocycles. The Morgan fingerprint density at radius 2 is 1.70 bits per heavy atom. The zero-order valence-corrected chi connectivity index (χ0v) is 25.6. The molecule has 2 aliphatic rings. The number of hydrogen-bond donors (Lipinski definition) is 3. The molecule has 1 saturated carbocycles. The van der Waals surface area contributed by atoms with E-state index in [1.54, 1.807) is 24.4 Å². The van der Waals surface area contributed by atoms with Gasteiger partial charge in [0.2, 0.25) is 0 Å². The number of amides is 3. The van der Waals surface area contributed by atoms with Crippen LogP contribution in [0.2, 0.25) is 5.02 Å². The second-order valence-corrected chi connectivity index (χ2v) is 13.7. The second kappa shape index (κ2) is 12.1. The lowest BCUT2D eigenvalue weighted by molar-refractivity contribution is -0.128. The van der Waals surface area contributed by atoms with Crippen molar-refractivity contribution in [2.45, 2.75) is 43.0 Å². The third kappa shape index (κ3) is 5.74. The molecule has 1 aliphatic carbocycles. The van der Waals surface area contributed by atoms with Crippen molar-refractivity contribution in [1.29, 1.82) is 0 Å². The van der Waals surface area contributed by atoms with Gasteiger partial charge < -0.3 is 21.2 Å². The molecule has 0 bridgehead atoms. The van der Waals surface area contributed by atoms with Gasteiger partial charge in [-0.15, -0.1) is 0 Å². The van der Waals surface area contributed by atoms with Gasteiger partial charge in [-0.3, -0.25) is 9.69 Å². The number of nitrogens with zero attached hydrogens (tertiary/aromatic N) is 2. The number of rotatable bonds is 9. The predicted molar refractivity (Wildman–Crippen MR) is 169 cm³/mol. The van der Waals surface area contributed by atoms with Crippen LogP contribution in [0.1, 0.15) is 31.2 Å². The van der Waals surface area contributed by atoms with Crippen LogP contribution in [-0.4, -0.2) is 53.7 Å². The molecule has 12 heteroatoms. The number of halogens is 1. The summed E-state index contributed by atoms with van der Waals surface area (Å²) in [6, 6.07) is 16.0. The number of carbonyl (C=O) groups is 2. The molecule has 44 heavy (non-hydrogen) atoms. The zero-order chi connectivity index (χ0) is 31.0. The molecule has 6 rings (SSSR count). The fourth-order valence-electron chi connectivity index (χ4n) is 6.29. The number of nitrogen functional groups attached to an aromatic ring is 1. The van der Waals surface area contributed by atoms with E-state index in [2.05, 4.69) is 4.98 Å². The summed E-state index contributed by atoms with van der Waals surface area (Å²) in [7, 11) is -4.42. The molecule has 10 nitrogen and oxygen atoms in total. The van der Waals surface area contributed by atoms with Gasteiger partial charge in [-0.1, -0.05) is 36.2 Å². The number of ether oxygens (including phenoxy) is 1. The number of para-hydroxylation sites is 1. The van der Waals surface area contributed by atoms with Crippen LogP contribution in [0, 0.1) is 11.8 Å². The van der Waals surface area contributed by atoms with Gasteiger partial charge in [0.15, 0.2) is 0 Å². The lowest BCUT2D eigenvalue weighted by Gasteiger charge is -2.30. The van der Waals surface area contributed by atoms with Crippen molar-refractivity contribution >= 4 is 50.2 Å². The molecule has 3 unspecified atom stereocenters. The lowest BCUT2D eigenvalue weighted by Crippen LogP contribution is -2.41. The van der Waals surface area contributed by atoms with E-state index in [9.17, 15) is 18.0 Å². The van der Waals surface area contributed by atoms with E-state index in [0.717, 1.165) is 51.4 Å². The number of urea groups is 1. The molecular weight excluding hydrogens is 602 g/mol. The Labute approximate surface area is 261 Å². The highest BCUT2D eigenvalue weighted by Crippen LogP contribution is 2.35. The molecular formula is C32H34ClN5O5S. The molecule has 4 aromatic rings. The van der Waals surface area contributed by atoms with E-state index in [4.69, 9.17) is 27.8 Å². The summed E-state index contributed by atoms with van der Waals surface area (Å²) in [5.74, 6) is 0.665. The molecule has 3 aromatic carbocycles. The number of aromatic nitrogens is 1. The van der Waals surface area contributed by atoms with Crippen LogP contribution < -0.4 is 16.2 Å². The fourth-order valence-corrected chi connectivity index (χ4v) is 7.97. The van der Waals surface area contributed by atoms with Crippen LogP contribution in [0.3, 0.4) is 0 Å². The maximum absolute atomic E-state index is 14.1. The number of H-pyrrole nitrogens is 1. The maximum atomic E-state index is 14.1. The number of carbonyl (C=O) groups excluding carboxylic acids is 2. The first-order chi connectivity index (χ1) is 21.2. The Hall–Kier alpha value is -4.06. The Bertz CT molecular complexity index is 1810. The highest BCUT2D eigenvalue weighted by molar-refractivity contribution is 7.89. The minimum Gasteiger partial charge on any atom is -0.457 e. The van der Waals surface area contributed by atoms with E-state index >= 15 is 0 Å². The first-order valence-electron chi connectivity index (χ1n) is 14.6. The molecule has 2 heterocycles. The Kier molecular flexibility index (Phi) is 8.28. The molecule has 0 radical (unpaired) electrons. The number of fused-ring (bicyclic) bond motifs is 1. The molecule has 3 amide bonds. The summed E-state index contributed by atoms with van der Waals surface area (Å²) in [5, 5.41) is 1.20. The first kappa shape index (κ1) is 30.0. The summed E-state index contributed by atoms with van der Waals surface area (Å²) < 4.78 is 34.8. The number of anilines is 1. The van der Waals surface area contributed by atoms with Gasteiger partial charge in [-0.25, -0.2) is 17.5 Å². The number of benzene rings is 3. The van der Waals surface area contributed by atoms with E-state index in [-0.39, 0.29) is 23.8 Å². The summed E-state index contributed by atoms with van der Waals surface area (Å²) in [6.07, 6.45) is 5.43. The molecule has 5 N–H and O–H groups in total. The normalized spacial score (nSPS) is 20.9. The predicted octanol–water partition coefficient (Wildman–Crippen LogP) is 5.53. The largest absolute Gasteiger partial charge is 0.457 e. The Morgan fingerprint density at radius 1 is 0.977 bits per heavy atom. The third-order valence-electron chi connectivity index (χ3n) is 8.60. The number of sulfonamides is 1. The number of hydrogen-bond acceptors (Lipinski definition) is 7. The second-order valence-electron chi connectivity index (χ2n) is 11.5. The number of aromatic amines is 1. The van der Waals surface area contributed by atoms with E-state index in [0.29, 0.717) is 34.7 Å². The van der Waals surface area contributed by atoms with Crippen LogP contribution in [0.25, 0.3) is 10.9 Å². The molecule has 3 atom stereocenters. The topological polar surface area (TPSA) is 152 Å². The van der Waals surface area contributed by atoms with Gasteiger partial charge in [0, 0.05) is 36.1 Å². The first-order valence-corrected chi connectivity index (χ1v) is 16.4. The van der Waals surface area contributed by atoms with Crippen molar-refractivity contribution < 1.29 is 22.7 Å². The summed E-state index contributed by atoms with van der Waals surface area (Å²) >= 11 is 6.09. The van der Waals surface area contributed by atoms with Gasteiger partial charge in [-0.05, 0) is 85.7 Å². The average molecular weight is 636 g/mol. The molecule has 2 fully saturated rings. The highest BCUT2D eigenvalue weighted by Gasteiger charge is 2.52. The van der Waals surface area contributed by atoms with Crippen molar-refractivity contribution in [2.75, 3.05) is 18.8 Å². The lowest BCUT2D eigenvalue weighted by atomic mass is 9.81. The van der Waals surface area contributed by atoms with Gasteiger partial charge in [-0.2, -0.15) is 0 Å². The Morgan fingerprint density at radius 3 is 2.45 bits per heavy atom. The van der Waals surface area contributed by atoms with Gasteiger partial charge in [0.1, 0.15) is 17.5 Å².